The molecule has 1 fully saturated rings. The molecule has 1 aliphatic rings. The normalized spacial score (nSPS) is 14.6. The van der Waals surface area contributed by atoms with Gasteiger partial charge >= 0.3 is 0 Å². The Bertz CT molecular complexity index is 562. The van der Waals surface area contributed by atoms with E-state index < -0.39 is 0 Å². The minimum atomic E-state index is -0.166. The fourth-order valence-electron chi connectivity index (χ4n) is 3.08. The average Bonchev–Trinajstić information content (AvgIpc) is 3.01. The van der Waals surface area contributed by atoms with Crippen LogP contribution >= 0.6 is 0 Å². The summed E-state index contributed by atoms with van der Waals surface area (Å²) in [6, 6.07) is 6.01. The monoisotopic (exact) mass is 285 g/mol. The van der Waals surface area contributed by atoms with Crippen LogP contribution in [0.15, 0.2) is 18.2 Å². The van der Waals surface area contributed by atoms with Gasteiger partial charge in [0.1, 0.15) is 6.61 Å². The molecule has 1 aromatic rings. The number of rotatable bonds is 3. The van der Waals surface area contributed by atoms with Crippen molar-refractivity contribution in [3.8, 4) is 11.8 Å². The molecule has 2 rings (SSSR count). The number of carbonyl (C=O) groups excluding carboxylic acids is 1. The number of aliphatic hydroxyl groups is 1. The van der Waals surface area contributed by atoms with Crippen molar-refractivity contribution in [1.82, 2.24) is 4.90 Å². The van der Waals surface area contributed by atoms with Gasteiger partial charge in [-0.3, -0.25) is 4.79 Å². The number of benzene rings is 1. The molecule has 0 unspecified atom stereocenters. The van der Waals surface area contributed by atoms with E-state index >= 15 is 0 Å². The lowest BCUT2D eigenvalue weighted by atomic mass is 10.0. The molecular weight excluding hydrogens is 262 g/mol. The Balaban J connectivity index is 2.29. The van der Waals surface area contributed by atoms with Gasteiger partial charge in [0.05, 0.1) is 0 Å². The maximum atomic E-state index is 12.8. The summed E-state index contributed by atoms with van der Waals surface area (Å²) in [5.41, 5.74) is 2.45. The molecule has 0 saturated heterocycles. The van der Waals surface area contributed by atoms with Gasteiger partial charge < -0.3 is 10.0 Å². The first-order valence-corrected chi connectivity index (χ1v) is 7.69. The van der Waals surface area contributed by atoms with Gasteiger partial charge in [0, 0.05) is 23.7 Å². The molecule has 3 nitrogen and oxygen atoms in total. The summed E-state index contributed by atoms with van der Waals surface area (Å²) < 4.78 is 0. The van der Waals surface area contributed by atoms with Crippen LogP contribution in [0.4, 0.5) is 0 Å². The van der Waals surface area contributed by atoms with Crippen LogP contribution in [0.2, 0.25) is 0 Å². The van der Waals surface area contributed by atoms with Gasteiger partial charge in [0.2, 0.25) is 0 Å². The van der Waals surface area contributed by atoms with Gasteiger partial charge in [-0.1, -0.05) is 30.7 Å². The predicted octanol–water partition coefficient (Wildman–Crippen LogP) is 2.74. The van der Waals surface area contributed by atoms with E-state index in [1.165, 1.54) is 12.8 Å². The molecule has 3 heteroatoms. The summed E-state index contributed by atoms with van der Waals surface area (Å²) in [4.78, 5) is 14.8. The first-order chi connectivity index (χ1) is 10.2. The van der Waals surface area contributed by atoms with Crippen molar-refractivity contribution in [2.24, 2.45) is 0 Å². The number of hydrogen-bond acceptors (Lipinski definition) is 2. The number of aliphatic hydroxyl groups excluding tert-OH is 1. The van der Waals surface area contributed by atoms with E-state index in [-0.39, 0.29) is 12.5 Å². The highest BCUT2D eigenvalue weighted by Gasteiger charge is 2.27. The van der Waals surface area contributed by atoms with Gasteiger partial charge in [0.15, 0.2) is 0 Å². The van der Waals surface area contributed by atoms with E-state index in [0.29, 0.717) is 6.04 Å². The largest absolute Gasteiger partial charge is 0.384 e. The molecule has 1 N–H and O–H groups in total. The van der Waals surface area contributed by atoms with Crippen molar-refractivity contribution in [2.45, 2.75) is 45.6 Å². The summed E-state index contributed by atoms with van der Waals surface area (Å²) in [5, 5.41) is 8.82. The van der Waals surface area contributed by atoms with Gasteiger partial charge in [-0.05, 0) is 44.4 Å². The molecule has 0 bridgehead atoms. The number of hydrogen-bond donors (Lipinski definition) is 1. The Kier molecular flexibility index (Phi) is 5.41. The summed E-state index contributed by atoms with van der Waals surface area (Å²) in [7, 11) is 0. The highest BCUT2D eigenvalue weighted by atomic mass is 16.2. The zero-order chi connectivity index (χ0) is 15.2. The molecule has 1 aromatic carbocycles. The Morgan fingerprint density at radius 2 is 2.10 bits per heavy atom. The Morgan fingerprint density at radius 3 is 2.71 bits per heavy atom. The highest BCUT2D eigenvalue weighted by molar-refractivity contribution is 5.96. The lowest BCUT2D eigenvalue weighted by Gasteiger charge is -2.28. The Morgan fingerprint density at radius 1 is 1.38 bits per heavy atom. The van der Waals surface area contributed by atoms with Crippen molar-refractivity contribution < 1.29 is 9.90 Å². The highest BCUT2D eigenvalue weighted by Crippen LogP contribution is 2.25. The standard InChI is InChI=1S/C18H23NO2/c1-3-19(16-10-4-5-11-16)18(21)17-12-6-8-15(14(17)2)9-7-13-20/h6,8,12,16,20H,3-5,10-11,13H2,1-2H3. The quantitative estimate of drug-likeness (QED) is 0.868. The lowest BCUT2D eigenvalue weighted by Crippen LogP contribution is -2.39. The smallest absolute Gasteiger partial charge is 0.254 e. The summed E-state index contributed by atoms with van der Waals surface area (Å²) >= 11 is 0. The molecule has 0 aromatic heterocycles. The zero-order valence-electron chi connectivity index (χ0n) is 12.9. The van der Waals surface area contributed by atoms with E-state index in [9.17, 15) is 4.79 Å². The third-order valence-electron chi connectivity index (χ3n) is 4.23. The predicted molar refractivity (Wildman–Crippen MR) is 84.1 cm³/mol. The van der Waals surface area contributed by atoms with Crippen LogP contribution in [0, 0.1) is 18.8 Å². The summed E-state index contributed by atoms with van der Waals surface area (Å²) in [6.07, 6.45) is 4.66. The third-order valence-corrected chi connectivity index (χ3v) is 4.23. The molecule has 1 aliphatic carbocycles. The van der Waals surface area contributed by atoms with Crippen molar-refractivity contribution in [2.75, 3.05) is 13.2 Å². The second-order valence-corrected chi connectivity index (χ2v) is 5.47. The van der Waals surface area contributed by atoms with Crippen LogP contribution in [0.3, 0.4) is 0 Å². The molecule has 0 radical (unpaired) electrons. The maximum absolute atomic E-state index is 12.8. The topological polar surface area (TPSA) is 40.5 Å². The van der Waals surface area contributed by atoms with Crippen molar-refractivity contribution >= 4 is 5.91 Å². The van der Waals surface area contributed by atoms with E-state index in [4.69, 9.17) is 5.11 Å². The maximum Gasteiger partial charge on any atom is 0.254 e. The van der Waals surface area contributed by atoms with Gasteiger partial charge in [-0.25, -0.2) is 0 Å². The molecule has 0 aliphatic heterocycles. The third kappa shape index (κ3) is 3.46. The van der Waals surface area contributed by atoms with E-state index in [0.717, 1.165) is 36.1 Å². The van der Waals surface area contributed by atoms with E-state index in [1.807, 2.05) is 36.9 Å². The number of nitrogens with zero attached hydrogens (tertiary/aromatic N) is 1. The van der Waals surface area contributed by atoms with Gasteiger partial charge in [0.25, 0.3) is 5.91 Å². The van der Waals surface area contributed by atoms with E-state index in [2.05, 4.69) is 11.8 Å². The molecule has 1 amide bonds. The number of carbonyl (C=O) groups is 1. The molecule has 21 heavy (non-hydrogen) atoms. The second-order valence-electron chi connectivity index (χ2n) is 5.47. The molecular formula is C18H23NO2. The van der Waals surface area contributed by atoms with Crippen molar-refractivity contribution in [1.29, 1.82) is 0 Å². The second kappa shape index (κ2) is 7.28. The first-order valence-electron chi connectivity index (χ1n) is 7.69. The molecule has 0 spiro atoms. The molecule has 112 valence electrons. The van der Waals surface area contributed by atoms with Crippen molar-refractivity contribution in [3.05, 3.63) is 34.9 Å². The van der Waals surface area contributed by atoms with E-state index in [1.54, 1.807) is 0 Å². The molecule has 0 heterocycles. The van der Waals surface area contributed by atoms with Crippen molar-refractivity contribution in [3.63, 3.8) is 0 Å². The molecule has 0 atom stereocenters. The lowest BCUT2D eigenvalue weighted by molar-refractivity contribution is 0.0693. The van der Waals surface area contributed by atoms with Crippen LogP contribution in [0.25, 0.3) is 0 Å². The summed E-state index contributed by atoms with van der Waals surface area (Å²) in [6.45, 7) is 4.55. The van der Waals surface area contributed by atoms with Crippen LogP contribution in [-0.2, 0) is 0 Å². The van der Waals surface area contributed by atoms with Crippen LogP contribution in [-0.4, -0.2) is 35.1 Å². The number of amides is 1. The fourth-order valence-corrected chi connectivity index (χ4v) is 3.08. The fraction of sp³-hybridized carbons (Fsp3) is 0.500. The Labute approximate surface area is 127 Å². The molecule has 1 saturated carbocycles. The van der Waals surface area contributed by atoms with Crippen LogP contribution in [0.5, 0.6) is 0 Å². The minimum Gasteiger partial charge on any atom is -0.384 e. The minimum absolute atomic E-state index is 0.106. The van der Waals surface area contributed by atoms with Crippen LogP contribution < -0.4 is 0 Å². The Hall–Kier alpha value is -1.79. The first kappa shape index (κ1) is 15.6. The zero-order valence-corrected chi connectivity index (χ0v) is 12.9. The average molecular weight is 285 g/mol. The van der Waals surface area contributed by atoms with Gasteiger partial charge in [-0.15, -0.1) is 0 Å². The van der Waals surface area contributed by atoms with Crippen LogP contribution in [0.1, 0.15) is 54.1 Å². The SMILES string of the molecule is CCN(C(=O)c1cccc(C#CCO)c1C)C1CCCC1. The van der Waals surface area contributed by atoms with Gasteiger partial charge in [-0.2, -0.15) is 0 Å². The summed E-state index contributed by atoms with van der Waals surface area (Å²) in [5.74, 6) is 5.67.